The SMILES string of the molecule is O=c1nc2n(c3ccccc13)CC/C2=C/c1cccc2c1Cc1ccccc1-2. The van der Waals surface area contributed by atoms with Crippen molar-refractivity contribution in [1.82, 2.24) is 9.55 Å². The summed E-state index contributed by atoms with van der Waals surface area (Å²) in [6.07, 6.45) is 4.10. The lowest BCUT2D eigenvalue weighted by Crippen LogP contribution is -2.14. The van der Waals surface area contributed by atoms with Crippen LogP contribution >= 0.6 is 0 Å². The highest BCUT2D eigenvalue weighted by Crippen LogP contribution is 2.39. The summed E-state index contributed by atoms with van der Waals surface area (Å²) >= 11 is 0. The van der Waals surface area contributed by atoms with E-state index < -0.39 is 0 Å². The van der Waals surface area contributed by atoms with Gasteiger partial charge in [0.15, 0.2) is 0 Å². The van der Waals surface area contributed by atoms with E-state index in [0.29, 0.717) is 5.39 Å². The Morgan fingerprint density at radius 2 is 1.71 bits per heavy atom. The van der Waals surface area contributed by atoms with Crippen molar-refractivity contribution < 1.29 is 0 Å². The number of aryl methyl sites for hydroxylation is 1. The van der Waals surface area contributed by atoms with Crippen molar-refractivity contribution in [2.45, 2.75) is 19.4 Å². The van der Waals surface area contributed by atoms with Crippen LogP contribution in [0.5, 0.6) is 0 Å². The Morgan fingerprint density at radius 1 is 0.893 bits per heavy atom. The lowest BCUT2D eigenvalue weighted by molar-refractivity contribution is 0.772. The van der Waals surface area contributed by atoms with Crippen LogP contribution < -0.4 is 5.56 Å². The molecule has 28 heavy (non-hydrogen) atoms. The van der Waals surface area contributed by atoms with Gasteiger partial charge >= 0.3 is 0 Å². The van der Waals surface area contributed by atoms with Crippen LogP contribution in [0, 0.1) is 0 Å². The molecule has 0 bridgehead atoms. The first kappa shape index (κ1) is 15.6. The van der Waals surface area contributed by atoms with E-state index in [1.165, 1.54) is 27.8 Å². The van der Waals surface area contributed by atoms with E-state index in [2.05, 4.69) is 58.1 Å². The molecule has 134 valence electrons. The van der Waals surface area contributed by atoms with Crippen molar-refractivity contribution >= 4 is 22.6 Å². The Bertz CT molecular complexity index is 1360. The molecule has 4 aromatic rings. The largest absolute Gasteiger partial charge is 0.325 e. The third kappa shape index (κ3) is 2.16. The molecule has 0 radical (unpaired) electrons. The van der Waals surface area contributed by atoms with Gasteiger partial charge in [0.2, 0.25) is 0 Å². The van der Waals surface area contributed by atoms with E-state index in [4.69, 9.17) is 0 Å². The van der Waals surface area contributed by atoms with Crippen molar-refractivity contribution in [3.05, 3.63) is 99.6 Å². The van der Waals surface area contributed by atoms with Gasteiger partial charge in [-0.3, -0.25) is 4.79 Å². The fourth-order valence-electron chi connectivity index (χ4n) is 4.68. The zero-order valence-electron chi connectivity index (χ0n) is 15.4. The Balaban J connectivity index is 1.52. The zero-order valence-corrected chi connectivity index (χ0v) is 15.4. The highest BCUT2D eigenvalue weighted by molar-refractivity contribution is 5.88. The number of benzene rings is 3. The molecule has 1 aliphatic carbocycles. The second kappa shape index (κ2) is 5.77. The first-order valence-electron chi connectivity index (χ1n) is 9.70. The number of hydrogen-bond donors (Lipinski definition) is 0. The minimum Gasteiger partial charge on any atom is -0.325 e. The van der Waals surface area contributed by atoms with Crippen LogP contribution in [0.2, 0.25) is 0 Å². The third-order valence-electron chi connectivity index (χ3n) is 6.00. The summed E-state index contributed by atoms with van der Waals surface area (Å²) in [6.45, 7) is 0.865. The van der Waals surface area contributed by atoms with Gasteiger partial charge in [0.05, 0.1) is 10.9 Å². The topological polar surface area (TPSA) is 34.9 Å². The molecule has 2 aliphatic rings. The van der Waals surface area contributed by atoms with Crippen molar-refractivity contribution in [2.75, 3.05) is 0 Å². The number of rotatable bonds is 1. The Kier molecular flexibility index (Phi) is 3.21. The average molecular weight is 362 g/mol. The van der Waals surface area contributed by atoms with Gasteiger partial charge in [0.25, 0.3) is 5.56 Å². The monoisotopic (exact) mass is 362 g/mol. The van der Waals surface area contributed by atoms with Gasteiger partial charge in [-0.2, -0.15) is 4.98 Å². The van der Waals surface area contributed by atoms with Crippen LogP contribution in [0.4, 0.5) is 0 Å². The number of fused-ring (bicyclic) bond motifs is 6. The van der Waals surface area contributed by atoms with Crippen LogP contribution in [0.25, 0.3) is 33.7 Å². The van der Waals surface area contributed by atoms with Gasteiger partial charge in [-0.25, -0.2) is 0 Å². The second-order valence-corrected chi connectivity index (χ2v) is 7.54. The first-order valence-corrected chi connectivity index (χ1v) is 9.70. The van der Waals surface area contributed by atoms with Crippen molar-refractivity contribution in [3.63, 3.8) is 0 Å². The predicted octanol–water partition coefficient (Wildman–Crippen LogP) is 4.91. The number of hydrogen-bond acceptors (Lipinski definition) is 2. The summed E-state index contributed by atoms with van der Waals surface area (Å²) in [7, 11) is 0. The third-order valence-corrected chi connectivity index (χ3v) is 6.00. The van der Waals surface area contributed by atoms with Gasteiger partial charge in [-0.1, -0.05) is 54.6 Å². The minimum absolute atomic E-state index is 0.139. The summed E-state index contributed by atoms with van der Waals surface area (Å²) in [5.41, 5.74) is 8.64. The maximum Gasteiger partial charge on any atom is 0.281 e. The molecule has 3 nitrogen and oxygen atoms in total. The quantitative estimate of drug-likeness (QED) is 0.425. The van der Waals surface area contributed by atoms with E-state index >= 15 is 0 Å². The number of allylic oxidation sites excluding steroid dienone is 1. The van der Waals surface area contributed by atoms with Crippen molar-refractivity contribution in [1.29, 1.82) is 0 Å². The smallest absolute Gasteiger partial charge is 0.281 e. The van der Waals surface area contributed by atoms with Crippen LogP contribution in [0.3, 0.4) is 0 Å². The molecular weight excluding hydrogens is 344 g/mol. The average Bonchev–Trinajstić information content (AvgIpc) is 3.31. The van der Waals surface area contributed by atoms with Gasteiger partial charge in [0.1, 0.15) is 5.82 Å². The maximum atomic E-state index is 12.5. The Morgan fingerprint density at radius 3 is 2.68 bits per heavy atom. The highest BCUT2D eigenvalue weighted by Gasteiger charge is 2.23. The normalized spacial score (nSPS) is 15.6. The molecule has 0 spiro atoms. The molecule has 0 saturated heterocycles. The highest BCUT2D eigenvalue weighted by atomic mass is 16.1. The molecule has 0 amide bonds. The van der Waals surface area contributed by atoms with Gasteiger partial charge in [-0.15, -0.1) is 0 Å². The van der Waals surface area contributed by atoms with Crippen LogP contribution in [0.1, 0.15) is 28.9 Å². The van der Waals surface area contributed by atoms with E-state index in [1.54, 1.807) is 0 Å². The molecule has 1 aromatic heterocycles. The summed E-state index contributed by atoms with van der Waals surface area (Å²) in [6, 6.07) is 22.9. The molecule has 1 aliphatic heterocycles. The van der Waals surface area contributed by atoms with Crippen LogP contribution in [-0.4, -0.2) is 9.55 Å². The van der Waals surface area contributed by atoms with Gasteiger partial charge in [-0.05, 0) is 64.4 Å². The minimum atomic E-state index is -0.139. The van der Waals surface area contributed by atoms with Crippen LogP contribution in [0.15, 0.2) is 71.5 Å². The molecule has 6 rings (SSSR count). The van der Waals surface area contributed by atoms with E-state index in [-0.39, 0.29) is 5.56 Å². The fourth-order valence-corrected chi connectivity index (χ4v) is 4.68. The standard InChI is InChI=1S/C25H18N2O/c28-25-21-9-3-4-11-23(21)27-13-12-18(24(27)26-25)14-16-7-5-10-20-19-8-2-1-6-17(19)15-22(16)20/h1-11,14H,12-13,15H2/b18-14-. The molecular formula is C25H18N2O. The molecule has 0 atom stereocenters. The Hall–Kier alpha value is -3.46. The predicted molar refractivity (Wildman–Crippen MR) is 113 cm³/mol. The number of nitrogens with zero attached hydrogens (tertiary/aromatic N) is 2. The fraction of sp³-hybridized carbons (Fsp3) is 0.120. The molecule has 0 N–H and O–H groups in total. The van der Waals surface area contributed by atoms with Crippen LogP contribution in [-0.2, 0) is 13.0 Å². The van der Waals surface area contributed by atoms with Gasteiger partial charge < -0.3 is 4.57 Å². The Labute approximate surface area is 162 Å². The summed E-state index contributed by atoms with van der Waals surface area (Å²) in [5, 5.41) is 0.698. The number of para-hydroxylation sites is 1. The molecule has 0 fully saturated rings. The summed E-state index contributed by atoms with van der Waals surface area (Å²) < 4.78 is 2.18. The van der Waals surface area contributed by atoms with E-state index in [9.17, 15) is 4.79 Å². The van der Waals surface area contributed by atoms with Crippen molar-refractivity contribution in [2.24, 2.45) is 0 Å². The molecule has 0 unspecified atom stereocenters. The zero-order chi connectivity index (χ0) is 18.7. The molecule has 3 heteroatoms. The molecule has 0 saturated carbocycles. The summed E-state index contributed by atoms with van der Waals surface area (Å²) in [4.78, 5) is 17.0. The van der Waals surface area contributed by atoms with Crippen molar-refractivity contribution in [3.8, 4) is 11.1 Å². The van der Waals surface area contributed by atoms with E-state index in [0.717, 1.165) is 36.3 Å². The second-order valence-electron chi connectivity index (χ2n) is 7.54. The maximum absolute atomic E-state index is 12.5. The van der Waals surface area contributed by atoms with E-state index in [1.807, 2.05) is 24.3 Å². The number of aromatic nitrogens is 2. The summed E-state index contributed by atoms with van der Waals surface area (Å²) in [5.74, 6) is 0.816. The lowest BCUT2D eigenvalue weighted by atomic mass is 9.99. The lowest BCUT2D eigenvalue weighted by Gasteiger charge is -2.08. The first-order chi connectivity index (χ1) is 13.8. The van der Waals surface area contributed by atoms with Gasteiger partial charge in [0, 0.05) is 6.54 Å². The molecule has 2 heterocycles. The molecule has 3 aromatic carbocycles.